The molecule has 72 valence electrons. The molecule has 0 aromatic carbocycles. The standard InChI is InChI=1S/C6H7N7O/c14-6(5-10-12-13-11-5)9-3-4-7-1-2-8-4/h1-2H,3H2,(H,7,8)(H,9,14)(H,10,11,12,13). The Morgan fingerprint density at radius 2 is 2.50 bits per heavy atom. The van der Waals surface area contributed by atoms with Gasteiger partial charge >= 0.3 is 0 Å². The van der Waals surface area contributed by atoms with Crippen molar-refractivity contribution in [3.8, 4) is 0 Å². The normalized spacial score (nSPS) is 10.0. The smallest absolute Gasteiger partial charge is 0.293 e. The molecule has 0 spiro atoms. The van der Waals surface area contributed by atoms with Crippen molar-refractivity contribution in [1.29, 1.82) is 0 Å². The molecule has 1 amide bonds. The van der Waals surface area contributed by atoms with Crippen LogP contribution in [0.4, 0.5) is 0 Å². The van der Waals surface area contributed by atoms with Gasteiger partial charge in [0.1, 0.15) is 5.82 Å². The fourth-order valence-corrected chi connectivity index (χ4v) is 0.896. The predicted molar refractivity (Wildman–Crippen MR) is 43.9 cm³/mol. The van der Waals surface area contributed by atoms with Crippen LogP contribution in [0.25, 0.3) is 0 Å². The molecule has 0 saturated heterocycles. The molecule has 3 N–H and O–H groups in total. The van der Waals surface area contributed by atoms with Crippen LogP contribution in [0.3, 0.4) is 0 Å². The van der Waals surface area contributed by atoms with Crippen molar-refractivity contribution in [2.24, 2.45) is 0 Å². The van der Waals surface area contributed by atoms with Crippen molar-refractivity contribution in [3.05, 3.63) is 24.0 Å². The molecule has 8 heteroatoms. The third-order valence-electron chi connectivity index (χ3n) is 1.52. The summed E-state index contributed by atoms with van der Waals surface area (Å²) in [6.07, 6.45) is 3.28. The second kappa shape index (κ2) is 3.64. The Balaban J connectivity index is 1.90. The highest BCUT2D eigenvalue weighted by molar-refractivity contribution is 5.89. The van der Waals surface area contributed by atoms with E-state index in [4.69, 9.17) is 0 Å². The number of hydrogen-bond donors (Lipinski definition) is 3. The van der Waals surface area contributed by atoms with Gasteiger partial charge in [-0.1, -0.05) is 0 Å². The third kappa shape index (κ3) is 1.73. The van der Waals surface area contributed by atoms with Crippen LogP contribution in [0.2, 0.25) is 0 Å². The molecular weight excluding hydrogens is 186 g/mol. The van der Waals surface area contributed by atoms with Gasteiger partial charge in [0, 0.05) is 12.4 Å². The zero-order chi connectivity index (χ0) is 9.80. The molecular formula is C6H7N7O. The SMILES string of the molecule is O=C(NCc1ncc[nH]1)c1nn[nH]n1. The third-order valence-corrected chi connectivity index (χ3v) is 1.52. The average Bonchev–Trinajstić information content (AvgIpc) is 2.87. The van der Waals surface area contributed by atoms with Crippen molar-refractivity contribution >= 4 is 5.91 Å². The zero-order valence-corrected chi connectivity index (χ0v) is 7.06. The summed E-state index contributed by atoms with van der Waals surface area (Å²) >= 11 is 0. The number of tetrazole rings is 1. The van der Waals surface area contributed by atoms with Crippen LogP contribution < -0.4 is 5.32 Å². The fourth-order valence-electron chi connectivity index (χ4n) is 0.896. The number of imidazole rings is 1. The molecule has 0 unspecified atom stereocenters. The van der Waals surface area contributed by atoms with Crippen molar-refractivity contribution in [3.63, 3.8) is 0 Å². The molecule has 2 rings (SSSR count). The highest BCUT2D eigenvalue weighted by Gasteiger charge is 2.09. The van der Waals surface area contributed by atoms with Crippen LogP contribution in [0.15, 0.2) is 12.4 Å². The Kier molecular flexibility index (Phi) is 2.17. The van der Waals surface area contributed by atoms with E-state index in [-0.39, 0.29) is 5.82 Å². The van der Waals surface area contributed by atoms with Crippen LogP contribution >= 0.6 is 0 Å². The molecule has 0 aliphatic rings. The van der Waals surface area contributed by atoms with E-state index >= 15 is 0 Å². The van der Waals surface area contributed by atoms with Crippen molar-refractivity contribution in [2.45, 2.75) is 6.54 Å². The van der Waals surface area contributed by atoms with Crippen LogP contribution in [-0.4, -0.2) is 36.5 Å². The summed E-state index contributed by atoms with van der Waals surface area (Å²) in [4.78, 5) is 18.0. The Hall–Kier alpha value is -2.25. The number of aromatic nitrogens is 6. The van der Waals surface area contributed by atoms with Gasteiger partial charge in [-0.15, -0.1) is 10.2 Å². The zero-order valence-electron chi connectivity index (χ0n) is 7.06. The number of nitrogens with zero attached hydrogens (tertiary/aromatic N) is 4. The summed E-state index contributed by atoms with van der Waals surface area (Å²) in [5, 5.41) is 15.1. The number of hydrogen-bond acceptors (Lipinski definition) is 5. The quantitative estimate of drug-likeness (QED) is 0.570. The molecule has 0 aliphatic carbocycles. The summed E-state index contributed by atoms with van der Waals surface area (Å²) in [7, 11) is 0. The molecule has 2 aromatic rings. The second-order valence-electron chi connectivity index (χ2n) is 2.45. The van der Waals surface area contributed by atoms with Crippen LogP contribution in [0.5, 0.6) is 0 Å². The second-order valence-corrected chi connectivity index (χ2v) is 2.45. The maximum absolute atomic E-state index is 11.3. The van der Waals surface area contributed by atoms with E-state index in [1.165, 1.54) is 0 Å². The van der Waals surface area contributed by atoms with E-state index in [9.17, 15) is 4.79 Å². The lowest BCUT2D eigenvalue weighted by atomic mass is 10.5. The molecule has 0 saturated carbocycles. The molecule has 0 radical (unpaired) electrons. The largest absolute Gasteiger partial charge is 0.347 e. The lowest BCUT2D eigenvalue weighted by molar-refractivity contribution is 0.0939. The predicted octanol–water partition coefficient (Wildman–Crippen LogP) is -1.15. The number of amides is 1. The van der Waals surface area contributed by atoms with E-state index < -0.39 is 5.91 Å². The molecule has 0 atom stereocenters. The minimum absolute atomic E-state index is 0.0107. The molecule has 2 aromatic heterocycles. The first kappa shape index (κ1) is 8.35. The van der Waals surface area contributed by atoms with Crippen LogP contribution in [0.1, 0.15) is 16.4 Å². The van der Waals surface area contributed by atoms with E-state index in [0.717, 1.165) is 0 Å². The van der Waals surface area contributed by atoms with Gasteiger partial charge in [-0.25, -0.2) is 4.98 Å². The Labute approximate surface area is 78.1 Å². The number of carbonyl (C=O) groups excluding carboxylic acids is 1. The van der Waals surface area contributed by atoms with Crippen molar-refractivity contribution in [2.75, 3.05) is 0 Å². The maximum atomic E-state index is 11.3. The first-order valence-electron chi connectivity index (χ1n) is 3.86. The molecule has 0 bridgehead atoms. The fraction of sp³-hybridized carbons (Fsp3) is 0.167. The van der Waals surface area contributed by atoms with Gasteiger partial charge in [-0.3, -0.25) is 4.79 Å². The number of H-pyrrole nitrogens is 2. The van der Waals surface area contributed by atoms with Gasteiger partial charge in [0.25, 0.3) is 11.7 Å². The lowest BCUT2D eigenvalue weighted by Crippen LogP contribution is -2.24. The van der Waals surface area contributed by atoms with Gasteiger partial charge in [-0.2, -0.15) is 5.21 Å². The van der Waals surface area contributed by atoms with Gasteiger partial charge in [0.05, 0.1) is 6.54 Å². The van der Waals surface area contributed by atoms with Crippen LogP contribution in [0, 0.1) is 0 Å². The highest BCUT2D eigenvalue weighted by Crippen LogP contribution is 1.89. The molecule has 8 nitrogen and oxygen atoms in total. The van der Waals surface area contributed by atoms with Gasteiger partial charge < -0.3 is 10.3 Å². The number of rotatable bonds is 3. The van der Waals surface area contributed by atoms with Crippen LogP contribution in [-0.2, 0) is 6.54 Å². The van der Waals surface area contributed by atoms with E-state index in [0.29, 0.717) is 12.4 Å². The first-order chi connectivity index (χ1) is 6.86. The van der Waals surface area contributed by atoms with Crippen molar-refractivity contribution < 1.29 is 4.79 Å². The Morgan fingerprint density at radius 1 is 1.57 bits per heavy atom. The molecule has 2 heterocycles. The summed E-state index contributed by atoms with van der Waals surface area (Å²) in [5.41, 5.74) is 0. The van der Waals surface area contributed by atoms with Gasteiger partial charge in [0.2, 0.25) is 0 Å². The highest BCUT2D eigenvalue weighted by atomic mass is 16.2. The monoisotopic (exact) mass is 193 g/mol. The topological polar surface area (TPSA) is 112 Å². The Bertz CT molecular complexity index is 392. The van der Waals surface area contributed by atoms with E-state index in [1.807, 2.05) is 0 Å². The summed E-state index contributed by atoms with van der Waals surface area (Å²) in [6.45, 7) is 0.306. The maximum Gasteiger partial charge on any atom is 0.293 e. The minimum atomic E-state index is -0.393. The summed E-state index contributed by atoms with van der Waals surface area (Å²) in [6, 6.07) is 0. The molecule has 0 fully saturated rings. The Morgan fingerprint density at radius 3 is 3.14 bits per heavy atom. The number of nitrogens with one attached hydrogen (secondary N) is 3. The summed E-state index contributed by atoms with van der Waals surface area (Å²) in [5.74, 6) is 0.286. The van der Waals surface area contributed by atoms with Gasteiger partial charge in [-0.05, 0) is 5.21 Å². The molecule has 14 heavy (non-hydrogen) atoms. The van der Waals surface area contributed by atoms with Crippen molar-refractivity contribution in [1.82, 2.24) is 35.9 Å². The lowest BCUT2D eigenvalue weighted by Gasteiger charge is -1.97. The number of aromatic amines is 2. The molecule has 0 aliphatic heterocycles. The average molecular weight is 193 g/mol. The first-order valence-corrected chi connectivity index (χ1v) is 3.86. The van der Waals surface area contributed by atoms with Gasteiger partial charge in [0.15, 0.2) is 0 Å². The minimum Gasteiger partial charge on any atom is -0.347 e. The van der Waals surface area contributed by atoms with E-state index in [1.54, 1.807) is 12.4 Å². The summed E-state index contributed by atoms with van der Waals surface area (Å²) < 4.78 is 0. The number of carbonyl (C=O) groups is 1. The van der Waals surface area contributed by atoms with E-state index in [2.05, 4.69) is 35.9 Å².